The fraction of sp³-hybridized carbons (Fsp3) is 1.00. The number of nitrogens with one attached hydrogen (secondary N) is 1. The van der Waals surface area contributed by atoms with Crippen LogP contribution in [-0.4, -0.2) is 37.1 Å². The number of nitrogens with zero attached hydrogens (tertiary/aromatic N) is 1. The quantitative estimate of drug-likeness (QED) is 0.749. The highest BCUT2D eigenvalue weighted by Gasteiger charge is 2.29. The van der Waals surface area contributed by atoms with Gasteiger partial charge in [-0.2, -0.15) is 0 Å². The lowest BCUT2D eigenvalue weighted by molar-refractivity contribution is 0.105. The van der Waals surface area contributed by atoms with Gasteiger partial charge >= 0.3 is 0 Å². The number of piperidine rings is 1. The van der Waals surface area contributed by atoms with Crippen molar-refractivity contribution in [1.82, 2.24) is 10.2 Å². The van der Waals surface area contributed by atoms with Crippen LogP contribution in [0.25, 0.3) is 0 Å². The van der Waals surface area contributed by atoms with Gasteiger partial charge in [-0.15, -0.1) is 0 Å². The van der Waals surface area contributed by atoms with E-state index in [0.717, 1.165) is 23.8 Å². The van der Waals surface area contributed by atoms with E-state index in [1.54, 1.807) is 0 Å². The molecule has 0 aromatic heterocycles. The third kappa shape index (κ3) is 2.73. The highest BCUT2D eigenvalue weighted by Crippen LogP contribution is 2.25. The molecular formula is C13H26N2. The van der Waals surface area contributed by atoms with Crippen LogP contribution in [-0.2, 0) is 0 Å². The van der Waals surface area contributed by atoms with Crippen molar-refractivity contribution >= 4 is 0 Å². The van der Waals surface area contributed by atoms with E-state index in [1.165, 1.54) is 39.0 Å². The van der Waals surface area contributed by atoms with Crippen LogP contribution in [0.3, 0.4) is 0 Å². The number of hydrogen-bond donors (Lipinski definition) is 1. The summed E-state index contributed by atoms with van der Waals surface area (Å²) in [5.74, 6) is 2.70. The van der Waals surface area contributed by atoms with E-state index in [0.29, 0.717) is 0 Å². The van der Waals surface area contributed by atoms with E-state index in [9.17, 15) is 0 Å². The zero-order chi connectivity index (χ0) is 10.8. The van der Waals surface area contributed by atoms with Crippen molar-refractivity contribution in [2.24, 2.45) is 17.8 Å². The van der Waals surface area contributed by atoms with Crippen LogP contribution in [0.1, 0.15) is 33.6 Å². The summed E-state index contributed by atoms with van der Waals surface area (Å²) in [5.41, 5.74) is 0. The summed E-state index contributed by atoms with van der Waals surface area (Å²) in [5, 5.41) is 3.51. The topological polar surface area (TPSA) is 15.3 Å². The predicted octanol–water partition coefficient (Wildman–Crippen LogP) is 1.96. The second kappa shape index (κ2) is 4.84. The maximum Gasteiger partial charge on any atom is 0.00696 e. The molecule has 2 fully saturated rings. The van der Waals surface area contributed by atoms with Gasteiger partial charge in [-0.3, -0.25) is 0 Å². The highest BCUT2D eigenvalue weighted by atomic mass is 15.2. The van der Waals surface area contributed by atoms with Crippen molar-refractivity contribution < 1.29 is 0 Å². The number of likely N-dealkylation sites (tertiary alicyclic amines) is 1. The van der Waals surface area contributed by atoms with Crippen molar-refractivity contribution in [3.05, 3.63) is 0 Å². The second-order valence-corrected chi connectivity index (χ2v) is 5.87. The lowest BCUT2D eigenvalue weighted by Crippen LogP contribution is -2.43. The molecule has 2 heteroatoms. The Labute approximate surface area is 94.4 Å². The van der Waals surface area contributed by atoms with E-state index < -0.39 is 0 Å². The lowest BCUT2D eigenvalue weighted by Gasteiger charge is -2.38. The Morgan fingerprint density at radius 3 is 2.60 bits per heavy atom. The Bertz CT molecular complexity index is 205. The van der Waals surface area contributed by atoms with Crippen molar-refractivity contribution in [1.29, 1.82) is 0 Å². The molecule has 88 valence electrons. The summed E-state index contributed by atoms with van der Waals surface area (Å²) in [6.07, 6.45) is 2.80. The van der Waals surface area contributed by atoms with Gasteiger partial charge in [0.05, 0.1) is 0 Å². The third-order valence-electron chi connectivity index (χ3n) is 4.42. The lowest BCUT2D eigenvalue weighted by atomic mass is 9.90. The van der Waals surface area contributed by atoms with Gasteiger partial charge in [0.15, 0.2) is 0 Å². The first-order valence-electron chi connectivity index (χ1n) is 6.61. The fourth-order valence-electron chi connectivity index (χ4n) is 3.14. The Kier molecular flexibility index (Phi) is 3.68. The molecule has 0 amide bonds. The average Bonchev–Trinajstić information content (AvgIpc) is 2.57. The minimum Gasteiger partial charge on any atom is -0.316 e. The first-order valence-corrected chi connectivity index (χ1v) is 6.61. The van der Waals surface area contributed by atoms with Gasteiger partial charge in [-0.1, -0.05) is 13.8 Å². The molecule has 2 aliphatic rings. The normalized spacial score (nSPS) is 43.4. The molecule has 1 N–H and O–H groups in total. The van der Waals surface area contributed by atoms with E-state index >= 15 is 0 Å². The molecule has 0 aromatic carbocycles. The van der Waals surface area contributed by atoms with Crippen LogP contribution in [0.4, 0.5) is 0 Å². The largest absolute Gasteiger partial charge is 0.316 e. The maximum atomic E-state index is 3.51. The van der Waals surface area contributed by atoms with Crippen molar-refractivity contribution in [2.75, 3.05) is 26.2 Å². The minimum atomic E-state index is 0.807. The summed E-state index contributed by atoms with van der Waals surface area (Å²) in [6.45, 7) is 12.3. The molecule has 4 atom stereocenters. The first-order chi connectivity index (χ1) is 7.16. The molecule has 0 aromatic rings. The van der Waals surface area contributed by atoms with Gasteiger partial charge in [0.25, 0.3) is 0 Å². The first kappa shape index (κ1) is 11.4. The number of hydrogen-bond acceptors (Lipinski definition) is 2. The second-order valence-electron chi connectivity index (χ2n) is 5.87. The molecule has 0 spiro atoms. The van der Waals surface area contributed by atoms with Crippen LogP contribution in [0.5, 0.6) is 0 Å². The van der Waals surface area contributed by atoms with Gasteiger partial charge in [0.2, 0.25) is 0 Å². The van der Waals surface area contributed by atoms with Gasteiger partial charge in [0, 0.05) is 12.6 Å². The highest BCUT2D eigenvalue weighted by molar-refractivity contribution is 4.84. The van der Waals surface area contributed by atoms with E-state index in [4.69, 9.17) is 0 Å². The summed E-state index contributed by atoms with van der Waals surface area (Å²) >= 11 is 0. The summed E-state index contributed by atoms with van der Waals surface area (Å²) in [7, 11) is 0. The Hall–Kier alpha value is -0.0800. The molecule has 15 heavy (non-hydrogen) atoms. The molecule has 2 unspecified atom stereocenters. The molecule has 2 saturated heterocycles. The molecule has 2 heterocycles. The minimum absolute atomic E-state index is 0.807. The van der Waals surface area contributed by atoms with Crippen molar-refractivity contribution in [2.45, 2.75) is 39.7 Å². The molecule has 2 rings (SSSR count). The summed E-state index contributed by atoms with van der Waals surface area (Å²) < 4.78 is 0. The molecular weight excluding hydrogens is 184 g/mol. The summed E-state index contributed by atoms with van der Waals surface area (Å²) in [6, 6.07) is 0.807. The number of rotatable bonds is 2. The predicted molar refractivity (Wildman–Crippen MR) is 65.0 cm³/mol. The van der Waals surface area contributed by atoms with E-state index in [2.05, 4.69) is 31.0 Å². The Morgan fingerprint density at radius 1 is 1.20 bits per heavy atom. The molecule has 0 radical (unpaired) electrons. The van der Waals surface area contributed by atoms with Crippen molar-refractivity contribution in [3.63, 3.8) is 0 Å². The Balaban J connectivity index is 1.83. The molecule has 2 nitrogen and oxygen atoms in total. The van der Waals surface area contributed by atoms with Crippen LogP contribution in [0, 0.1) is 17.8 Å². The standard InChI is InChI=1S/C13H26N2/c1-10-4-5-15(12(3)6-10)9-13-8-14-7-11(13)2/h10-14H,4-9H2,1-3H3/t10?,11-,12?,13+/m1/s1. The Morgan fingerprint density at radius 2 is 2.00 bits per heavy atom. The molecule has 0 bridgehead atoms. The third-order valence-corrected chi connectivity index (χ3v) is 4.42. The van der Waals surface area contributed by atoms with E-state index in [1.807, 2.05) is 0 Å². The van der Waals surface area contributed by atoms with Crippen LogP contribution in [0.2, 0.25) is 0 Å². The summed E-state index contributed by atoms with van der Waals surface area (Å²) in [4.78, 5) is 2.72. The smallest absolute Gasteiger partial charge is 0.00696 e. The fourth-order valence-corrected chi connectivity index (χ4v) is 3.14. The van der Waals surface area contributed by atoms with Crippen LogP contribution < -0.4 is 5.32 Å². The van der Waals surface area contributed by atoms with Crippen molar-refractivity contribution in [3.8, 4) is 0 Å². The zero-order valence-corrected chi connectivity index (χ0v) is 10.5. The van der Waals surface area contributed by atoms with Gasteiger partial charge < -0.3 is 10.2 Å². The average molecular weight is 210 g/mol. The SMILES string of the molecule is CC1CCN(C[C@@H]2CNC[C@H]2C)C(C)C1. The molecule has 0 aliphatic carbocycles. The van der Waals surface area contributed by atoms with Gasteiger partial charge in [-0.25, -0.2) is 0 Å². The van der Waals surface area contributed by atoms with E-state index in [-0.39, 0.29) is 0 Å². The van der Waals surface area contributed by atoms with Crippen LogP contribution >= 0.6 is 0 Å². The van der Waals surface area contributed by atoms with Gasteiger partial charge in [-0.05, 0) is 57.2 Å². The maximum absolute atomic E-state index is 3.51. The monoisotopic (exact) mass is 210 g/mol. The molecule has 2 aliphatic heterocycles. The van der Waals surface area contributed by atoms with Gasteiger partial charge in [0.1, 0.15) is 0 Å². The zero-order valence-electron chi connectivity index (χ0n) is 10.5. The van der Waals surface area contributed by atoms with Crippen LogP contribution in [0.15, 0.2) is 0 Å². The molecule has 0 saturated carbocycles.